The molecule has 0 aliphatic carbocycles. The number of nitrogens with zero attached hydrogens (tertiary/aromatic N) is 1. The first-order chi connectivity index (χ1) is 22.7. The van der Waals surface area contributed by atoms with Crippen LogP contribution < -0.4 is 20.5 Å². The van der Waals surface area contributed by atoms with Crippen LogP contribution in [0.4, 0.5) is 11.4 Å². The maximum absolute atomic E-state index is 3.95. The molecule has 3 rings (SSSR count). The number of aromatic nitrogens is 1. The molecule has 3 N–H and O–H groups in total. The molecule has 0 saturated heterocycles. The molecule has 6 heteroatoms. The SMILES string of the molecule is C=CC(/C=C/c1ccc(NC)cc1)=C\CNCCCCCCSSCCCCCC[n+]1ccc(/C=C/c2ccc(NC)cc2)cc1. The number of hydrogen-bond acceptors (Lipinski definition) is 5. The first-order valence-corrected chi connectivity index (χ1v) is 19.4. The molecule has 3 aromatic rings. The van der Waals surface area contributed by atoms with Crippen molar-refractivity contribution in [3.05, 3.63) is 120 Å². The second-order valence-corrected chi connectivity index (χ2v) is 14.1. The molecule has 0 radical (unpaired) electrons. The van der Waals surface area contributed by atoms with E-state index in [-0.39, 0.29) is 0 Å². The number of nitrogens with one attached hydrogen (secondary N) is 3. The van der Waals surface area contributed by atoms with E-state index in [4.69, 9.17) is 0 Å². The summed E-state index contributed by atoms with van der Waals surface area (Å²) in [4.78, 5) is 0. The fraction of sp³-hybridized carbons (Fsp3) is 0.375. The van der Waals surface area contributed by atoms with Gasteiger partial charge in [-0.2, -0.15) is 0 Å². The molecule has 4 nitrogen and oxygen atoms in total. The third kappa shape index (κ3) is 16.4. The lowest BCUT2D eigenvalue weighted by atomic mass is 10.1. The van der Waals surface area contributed by atoms with E-state index in [1.807, 2.05) is 20.2 Å². The Kier molecular flexibility index (Phi) is 19.5. The predicted molar refractivity (Wildman–Crippen MR) is 210 cm³/mol. The van der Waals surface area contributed by atoms with Gasteiger partial charge in [-0.15, -0.1) is 0 Å². The quantitative estimate of drug-likeness (QED) is 0.0388. The predicted octanol–water partition coefficient (Wildman–Crippen LogP) is 10.1. The van der Waals surface area contributed by atoms with Gasteiger partial charge in [0.25, 0.3) is 0 Å². The average molecular weight is 656 g/mol. The molecule has 0 unspecified atom stereocenters. The summed E-state index contributed by atoms with van der Waals surface area (Å²) in [6, 6.07) is 21.3. The molecule has 0 aliphatic heterocycles. The van der Waals surface area contributed by atoms with Gasteiger partial charge in [-0.3, -0.25) is 0 Å². The molecule has 0 aliphatic rings. The largest absolute Gasteiger partial charge is 0.388 e. The van der Waals surface area contributed by atoms with Crippen molar-refractivity contribution >= 4 is 51.2 Å². The molecule has 0 atom stereocenters. The van der Waals surface area contributed by atoms with Crippen LogP contribution in [0.5, 0.6) is 0 Å². The molecule has 1 aromatic heterocycles. The maximum atomic E-state index is 3.95. The zero-order valence-corrected chi connectivity index (χ0v) is 29.7. The van der Waals surface area contributed by atoms with E-state index >= 15 is 0 Å². The summed E-state index contributed by atoms with van der Waals surface area (Å²) in [6.07, 6.45) is 27.6. The second-order valence-electron chi connectivity index (χ2n) is 11.4. The minimum atomic E-state index is 0.884. The van der Waals surface area contributed by atoms with Crippen molar-refractivity contribution in [1.29, 1.82) is 0 Å². The van der Waals surface area contributed by atoms with Gasteiger partial charge in [0.15, 0.2) is 12.4 Å². The molecule has 0 amide bonds. The van der Waals surface area contributed by atoms with Crippen molar-refractivity contribution < 1.29 is 4.57 Å². The first-order valence-electron chi connectivity index (χ1n) is 16.9. The monoisotopic (exact) mass is 655 g/mol. The average Bonchev–Trinajstić information content (AvgIpc) is 3.10. The van der Waals surface area contributed by atoms with Gasteiger partial charge in [-0.25, -0.2) is 4.57 Å². The molecule has 46 heavy (non-hydrogen) atoms. The Morgan fingerprint density at radius 3 is 1.74 bits per heavy atom. The molecule has 0 spiro atoms. The molecular formula is C40H55N4S2+. The van der Waals surface area contributed by atoms with Gasteiger partial charge in [-0.1, -0.05) is 108 Å². The Balaban J connectivity index is 1.09. The highest BCUT2D eigenvalue weighted by molar-refractivity contribution is 8.76. The maximum Gasteiger partial charge on any atom is 0.169 e. The van der Waals surface area contributed by atoms with Crippen molar-refractivity contribution in [1.82, 2.24) is 5.32 Å². The minimum absolute atomic E-state index is 0.884. The zero-order chi connectivity index (χ0) is 32.5. The first kappa shape index (κ1) is 37.3. The molecule has 0 fully saturated rings. The fourth-order valence-corrected chi connectivity index (χ4v) is 7.13. The van der Waals surface area contributed by atoms with Gasteiger partial charge in [0, 0.05) is 62.1 Å². The number of hydrogen-bond donors (Lipinski definition) is 3. The van der Waals surface area contributed by atoms with E-state index in [1.54, 1.807) is 0 Å². The summed E-state index contributed by atoms with van der Waals surface area (Å²) < 4.78 is 2.31. The van der Waals surface area contributed by atoms with E-state index in [0.717, 1.165) is 36.6 Å². The van der Waals surface area contributed by atoms with Crippen LogP contribution in [0.15, 0.2) is 103 Å². The molecular weight excluding hydrogens is 601 g/mol. The lowest BCUT2D eigenvalue weighted by Crippen LogP contribution is -2.32. The lowest BCUT2D eigenvalue weighted by Gasteiger charge is -2.04. The van der Waals surface area contributed by atoms with Crippen LogP contribution in [0.1, 0.15) is 68.1 Å². The number of unbranched alkanes of at least 4 members (excludes halogenated alkanes) is 6. The van der Waals surface area contributed by atoms with E-state index < -0.39 is 0 Å². The number of rotatable bonds is 24. The van der Waals surface area contributed by atoms with Crippen LogP contribution in [0.2, 0.25) is 0 Å². The number of benzene rings is 2. The van der Waals surface area contributed by atoms with Crippen LogP contribution in [-0.2, 0) is 6.54 Å². The number of allylic oxidation sites excluding steroid dienone is 3. The van der Waals surface area contributed by atoms with Gasteiger partial charge in [0.05, 0.1) is 0 Å². The van der Waals surface area contributed by atoms with Crippen LogP contribution in [0, 0.1) is 0 Å². The third-order valence-corrected chi connectivity index (χ3v) is 10.4. The number of aryl methyl sites for hydroxylation is 1. The van der Waals surface area contributed by atoms with Crippen LogP contribution in [-0.4, -0.2) is 38.7 Å². The Bertz CT molecular complexity index is 1310. The van der Waals surface area contributed by atoms with E-state index in [0.29, 0.717) is 0 Å². The fourth-order valence-electron chi connectivity index (χ4n) is 4.84. The third-order valence-electron chi connectivity index (χ3n) is 7.78. The smallest absolute Gasteiger partial charge is 0.169 e. The molecule has 1 heterocycles. The van der Waals surface area contributed by atoms with Crippen molar-refractivity contribution in [3.63, 3.8) is 0 Å². The van der Waals surface area contributed by atoms with Gasteiger partial charge in [0.1, 0.15) is 6.54 Å². The normalized spacial score (nSPS) is 11.8. The van der Waals surface area contributed by atoms with Crippen molar-refractivity contribution in [3.8, 4) is 0 Å². The standard InChI is InChI=1S/C40H54N4S2/c1-4-35(13-14-36-17-21-39(41-2)22-18-36)25-29-43-28-9-5-7-11-33-45-46-34-12-8-6-10-30-44-31-26-38(27-32-44)16-15-37-19-23-40(42-3)24-20-37/h4,13-27,31-32,41,43H,1,5-12,28-30,33-34H2,2-3H3/p+1/b14-13+,35-25+. The van der Waals surface area contributed by atoms with Gasteiger partial charge in [-0.05, 0) is 78.8 Å². The lowest BCUT2D eigenvalue weighted by molar-refractivity contribution is -0.697. The van der Waals surface area contributed by atoms with Crippen molar-refractivity contribution in [2.24, 2.45) is 0 Å². The van der Waals surface area contributed by atoms with Crippen LogP contribution >= 0.6 is 21.6 Å². The van der Waals surface area contributed by atoms with Gasteiger partial charge < -0.3 is 16.0 Å². The van der Waals surface area contributed by atoms with Crippen LogP contribution in [0.3, 0.4) is 0 Å². The number of anilines is 2. The van der Waals surface area contributed by atoms with Crippen LogP contribution in [0.25, 0.3) is 18.2 Å². The highest BCUT2D eigenvalue weighted by Crippen LogP contribution is 2.24. The van der Waals surface area contributed by atoms with Crippen molar-refractivity contribution in [2.75, 3.05) is 49.3 Å². The van der Waals surface area contributed by atoms with E-state index in [2.05, 4.69) is 152 Å². The second kappa shape index (κ2) is 24.0. The summed E-state index contributed by atoms with van der Waals surface area (Å²) in [6.45, 7) is 7.01. The highest BCUT2D eigenvalue weighted by Gasteiger charge is 2.01. The molecule has 246 valence electrons. The molecule has 2 aromatic carbocycles. The summed E-state index contributed by atoms with van der Waals surface area (Å²) >= 11 is 0. The Morgan fingerprint density at radius 2 is 1.17 bits per heavy atom. The zero-order valence-electron chi connectivity index (χ0n) is 28.1. The van der Waals surface area contributed by atoms with Gasteiger partial charge in [0.2, 0.25) is 0 Å². The minimum Gasteiger partial charge on any atom is -0.388 e. The van der Waals surface area contributed by atoms with E-state index in [9.17, 15) is 0 Å². The topological polar surface area (TPSA) is 40.0 Å². The van der Waals surface area contributed by atoms with Crippen molar-refractivity contribution in [2.45, 2.75) is 57.9 Å². The summed E-state index contributed by atoms with van der Waals surface area (Å²) in [7, 11) is 8.01. The van der Waals surface area contributed by atoms with Gasteiger partial charge >= 0.3 is 0 Å². The highest BCUT2D eigenvalue weighted by atomic mass is 33.1. The Labute approximate surface area is 287 Å². The van der Waals surface area contributed by atoms with E-state index in [1.165, 1.54) is 79.6 Å². The number of pyridine rings is 1. The summed E-state index contributed by atoms with van der Waals surface area (Å²) in [5.41, 5.74) is 7.05. The molecule has 0 bridgehead atoms. The Hall–Kier alpha value is -3.19. The summed E-state index contributed by atoms with van der Waals surface area (Å²) in [5, 5.41) is 9.85. The summed E-state index contributed by atoms with van der Waals surface area (Å²) in [5.74, 6) is 2.55. The molecule has 0 saturated carbocycles. The Morgan fingerprint density at radius 1 is 0.652 bits per heavy atom.